The van der Waals surface area contributed by atoms with Crippen LogP contribution < -0.4 is 10.5 Å². The van der Waals surface area contributed by atoms with E-state index in [1.807, 2.05) is 4.68 Å². The smallest absolute Gasteiger partial charge is 0.216 e. The molecule has 0 atom stereocenters. The number of nitrogens with two attached hydrogens (primary N) is 1. The van der Waals surface area contributed by atoms with Crippen LogP contribution in [0.25, 0.3) is 11.5 Å². The summed E-state index contributed by atoms with van der Waals surface area (Å²) in [6, 6.07) is 3.95. The van der Waals surface area contributed by atoms with Gasteiger partial charge in [-0.05, 0) is 12.8 Å². The first-order chi connectivity index (χ1) is 8.28. The Morgan fingerprint density at radius 3 is 3.00 bits per heavy atom. The topological polar surface area (TPSA) is 78.9 Å². The van der Waals surface area contributed by atoms with E-state index >= 15 is 0 Å². The fourth-order valence-corrected chi connectivity index (χ4v) is 1.71. The zero-order valence-corrected chi connectivity index (χ0v) is 9.50. The fourth-order valence-electron chi connectivity index (χ4n) is 1.71. The van der Waals surface area contributed by atoms with Crippen molar-refractivity contribution in [2.75, 3.05) is 12.8 Å². The minimum Gasteiger partial charge on any atom is -0.481 e. The van der Waals surface area contributed by atoms with Gasteiger partial charge in [0.1, 0.15) is 11.5 Å². The van der Waals surface area contributed by atoms with Crippen molar-refractivity contribution in [3.63, 3.8) is 0 Å². The van der Waals surface area contributed by atoms with Crippen LogP contribution in [0.4, 0.5) is 5.82 Å². The maximum atomic E-state index is 5.90. The zero-order valence-electron chi connectivity index (χ0n) is 9.50. The molecule has 2 heterocycles. The summed E-state index contributed by atoms with van der Waals surface area (Å²) in [5.74, 6) is 1.72. The third-order valence-electron chi connectivity index (χ3n) is 2.73. The quantitative estimate of drug-likeness (QED) is 0.860. The summed E-state index contributed by atoms with van der Waals surface area (Å²) < 4.78 is 6.90. The van der Waals surface area contributed by atoms with Gasteiger partial charge in [-0.3, -0.25) is 0 Å². The molecular weight excluding hydrogens is 218 g/mol. The molecule has 2 aromatic heterocycles. The van der Waals surface area contributed by atoms with E-state index in [0.717, 1.165) is 12.8 Å². The van der Waals surface area contributed by atoms with Gasteiger partial charge in [0.25, 0.3) is 0 Å². The van der Waals surface area contributed by atoms with Crippen molar-refractivity contribution < 1.29 is 4.74 Å². The number of hydrogen-bond donors (Lipinski definition) is 1. The number of hydrogen-bond acceptors (Lipinski definition) is 5. The molecule has 6 nitrogen and oxygen atoms in total. The van der Waals surface area contributed by atoms with Crippen molar-refractivity contribution >= 4 is 5.82 Å². The molecule has 0 bridgehead atoms. The lowest BCUT2D eigenvalue weighted by Crippen LogP contribution is -2.01. The lowest BCUT2D eigenvalue weighted by molar-refractivity contribution is 0.397. The molecule has 2 N–H and O–H groups in total. The molecule has 0 radical (unpaired) electrons. The van der Waals surface area contributed by atoms with Gasteiger partial charge in [0.15, 0.2) is 5.82 Å². The van der Waals surface area contributed by atoms with Crippen molar-refractivity contribution in [2.24, 2.45) is 0 Å². The number of nitrogens with zero attached hydrogens (tertiary/aromatic N) is 4. The van der Waals surface area contributed by atoms with E-state index in [1.54, 1.807) is 25.4 Å². The summed E-state index contributed by atoms with van der Waals surface area (Å²) in [5.41, 5.74) is 6.59. The molecule has 0 aromatic carbocycles. The Labute approximate surface area is 98.4 Å². The summed E-state index contributed by atoms with van der Waals surface area (Å²) in [6.45, 7) is 0. The first-order valence-electron chi connectivity index (χ1n) is 5.50. The maximum Gasteiger partial charge on any atom is 0.216 e. The SMILES string of the molecule is COc1ccnc(-c2cc(N)n(C3CC3)n2)n1. The molecule has 3 rings (SSSR count). The molecule has 1 saturated carbocycles. The minimum absolute atomic E-state index is 0.453. The maximum absolute atomic E-state index is 5.90. The normalized spacial score (nSPS) is 14.9. The number of rotatable bonds is 3. The Bertz CT molecular complexity index is 547. The van der Waals surface area contributed by atoms with Gasteiger partial charge in [0.2, 0.25) is 5.88 Å². The second kappa shape index (κ2) is 3.73. The van der Waals surface area contributed by atoms with Crippen LogP contribution in [0.5, 0.6) is 5.88 Å². The second-order valence-corrected chi connectivity index (χ2v) is 4.05. The van der Waals surface area contributed by atoms with Crippen LogP contribution in [0.2, 0.25) is 0 Å². The van der Waals surface area contributed by atoms with Gasteiger partial charge in [-0.1, -0.05) is 0 Å². The Kier molecular flexibility index (Phi) is 2.21. The van der Waals surface area contributed by atoms with Crippen LogP contribution in [0.15, 0.2) is 18.3 Å². The van der Waals surface area contributed by atoms with Crippen LogP contribution >= 0.6 is 0 Å². The first kappa shape index (κ1) is 10.1. The van der Waals surface area contributed by atoms with E-state index in [0.29, 0.717) is 29.3 Å². The van der Waals surface area contributed by atoms with Gasteiger partial charge in [0, 0.05) is 18.3 Å². The highest BCUT2D eigenvalue weighted by Gasteiger charge is 2.27. The first-order valence-corrected chi connectivity index (χ1v) is 5.50. The van der Waals surface area contributed by atoms with Crippen molar-refractivity contribution in [2.45, 2.75) is 18.9 Å². The summed E-state index contributed by atoms with van der Waals surface area (Å²) in [4.78, 5) is 8.40. The molecule has 1 fully saturated rings. The highest BCUT2D eigenvalue weighted by atomic mass is 16.5. The molecule has 0 aliphatic heterocycles. The Balaban J connectivity index is 1.99. The van der Waals surface area contributed by atoms with Gasteiger partial charge in [-0.25, -0.2) is 9.67 Å². The molecule has 17 heavy (non-hydrogen) atoms. The number of methoxy groups -OCH3 is 1. The minimum atomic E-state index is 0.453. The van der Waals surface area contributed by atoms with Gasteiger partial charge in [0.05, 0.1) is 13.2 Å². The Hall–Kier alpha value is -2.11. The largest absolute Gasteiger partial charge is 0.481 e. The third kappa shape index (κ3) is 1.82. The number of aromatic nitrogens is 4. The molecule has 2 aromatic rings. The predicted octanol–water partition coefficient (Wildman–Crippen LogP) is 1.27. The zero-order chi connectivity index (χ0) is 11.8. The van der Waals surface area contributed by atoms with Crippen molar-refractivity contribution in [1.82, 2.24) is 19.7 Å². The molecule has 1 aliphatic rings. The van der Waals surface area contributed by atoms with E-state index in [9.17, 15) is 0 Å². The van der Waals surface area contributed by atoms with E-state index < -0.39 is 0 Å². The molecule has 6 heteroatoms. The second-order valence-electron chi connectivity index (χ2n) is 4.05. The van der Waals surface area contributed by atoms with Crippen LogP contribution in [0, 0.1) is 0 Å². The van der Waals surface area contributed by atoms with Crippen LogP contribution in [0.1, 0.15) is 18.9 Å². The summed E-state index contributed by atoms with van der Waals surface area (Å²) in [6.07, 6.45) is 3.93. The third-order valence-corrected chi connectivity index (χ3v) is 2.73. The predicted molar refractivity (Wildman–Crippen MR) is 62.5 cm³/mol. The van der Waals surface area contributed by atoms with E-state index in [1.165, 1.54) is 0 Å². The summed E-state index contributed by atoms with van der Waals surface area (Å²) in [7, 11) is 1.57. The molecule has 0 spiro atoms. The number of nitrogen functional groups attached to an aromatic ring is 1. The standard InChI is InChI=1S/C11H13N5O/c1-17-10-4-5-13-11(14-10)8-6-9(12)16(15-8)7-2-3-7/h4-7H,2-3,12H2,1H3. The molecule has 1 aliphatic carbocycles. The number of anilines is 1. The lowest BCUT2D eigenvalue weighted by Gasteiger charge is -2.00. The number of ether oxygens (including phenoxy) is 1. The van der Waals surface area contributed by atoms with Crippen LogP contribution in [-0.4, -0.2) is 26.9 Å². The van der Waals surface area contributed by atoms with Gasteiger partial charge < -0.3 is 10.5 Å². The highest BCUT2D eigenvalue weighted by Crippen LogP contribution is 2.37. The molecule has 0 unspecified atom stereocenters. The average molecular weight is 231 g/mol. The molecule has 88 valence electrons. The molecular formula is C11H13N5O. The lowest BCUT2D eigenvalue weighted by atomic mass is 10.4. The average Bonchev–Trinajstić information content (AvgIpc) is 3.13. The fraction of sp³-hybridized carbons (Fsp3) is 0.364. The van der Waals surface area contributed by atoms with Gasteiger partial charge >= 0.3 is 0 Å². The Morgan fingerprint density at radius 2 is 2.29 bits per heavy atom. The van der Waals surface area contributed by atoms with E-state index in [2.05, 4.69) is 15.1 Å². The van der Waals surface area contributed by atoms with E-state index in [-0.39, 0.29) is 0 Å². The van der Waals surface area contributed by atoms with Crippen molar-refractivity contribution in [3.8, 4) is 17.4 Å². The van der Waals surface area contributed by atoms with Crippen LogP contribution in [0.3, 0.4) is 0 Å². The highest BCUT2D eigenvalue weighted by molar-refractivity contribution is 5.55. The van der Waals surface area contributed by atoms with E-state index in [4.69, 9.17) is 10.5 Å². The van der Waals surface area contributed by atoms with Crippen molar-refractivity contribution in [3.05, 3.63) is 18.3 Å². The monoisotopic (exact) mass is 231 g/mol. The molecule has 0 saturated heterocycles. The summed E-state index contributed by atoms with van der Waals surface area (Å²) >= 11 is 0. The van der Waals surface area contributed by atoms with Gasteiger partial charge in [-0.2, -0.15) is 10.1 Å². The summed E-state index contributed by atoms with van der Waals surface area (Å²) in [5, 5.41) is 4.43. The Morgan fingerprint density at radius 1 is 1.47 bits per heavy atom. The van der Waals surface area contributed by atoms with Crippen LogP contribution in [-0.2, 0) is 0 Å². The van der Waals surface area contributed by atoms with Crippen molar-refractivity contribution in [1.29, 1.82) is 0 Å². The molecule has 0 amide bonds. The van der Waals surface area contributed by atoms with Gasteiger partial charge in [-0.15, -0.1) is 0 Å².